The Morgan fingerprint density at radius 2 is 2.19 bits per heavy atom. The summed E-state index contributed by atoms with van der Waals surface area (Å²) in [6.45, 7) is 0.726. The maximum Gasteiger partial charge on any atom is 0.271 e. The number of ether oxygens (including phenoxy) is 1. The molecule has 1 saturated carbocycles. The van der Waals surface area contributed by atoms with E-state index in [2.05, 4.69) is 20.5 Å². The quantitative estimate of drug-likeness (QED) is 0.590. The van der Waals surface area contributed by atoms with Gasteiger partial charge < -0.3 is 20.3 Å². The number of imidazole rings is 1. The van der Waals surface area contributed by atoms with Gasteiger partial charge in [0.05, 0.1) is 24.0 Å². The first kappa shape index (κ1) is 19.5. The van der Waals surface area contributed by atoms with E-state index in [1.54, 1.807) is 17.8 Å². The Hall–Kier alpha value is -3.46. The predicted octanol–water partition coefficient (Wildman–Crippen LogP) is 2.18. The third-order valence-electron chi connectivity index (χ3n) is 6.21. The molecule has 9 heteroatoms. The van der Waals surface area contributed by atoms with Crippen LogP contribution in [0.15, 0.2) is 30.5 Å². The lowest BCUT2D eigenvalue weighted by Gasteiger charge is -2.35. The van der Waals surface area contributed by atoms with Crippen LogP contribution in [-0.4, -0.2) is 59.6 Å². The van der Waals surface area contributed by atoms with Gasteiger partial charge in [0, 0.05) is 38.0 Å². The fourth-order valence-corrected chi connectivity index (χ4v) is 4.36. The maximum atomic E-state index is 12.7. The average molecular weight is 420 g/mol. The topological polar surface area (TPSA) is 101 Å². The number of aldehydes is 1. The maximum absolute atomic E-state index is 12.7. The SMILES string of the molecule is CNc1cc(N2CCc3c(C=O)cccc32)nn2cc(C(=O)N[C@@H]3CC[C@H]3OC)nc12. The van der Waals surface area contributed by atoms with Gasteiger partial charge in [-0.2, -0.15) is 0 Å². The molecule has 1 amide bonds. The molecular formula is C22H24N6O3. The molecule has 3 heterocycles. The minimum Gasteiger partial charge on any atom is -0.385 e. The summed E-state index contributed by atoms with van der Waals surface area (Å²) in [4.78, 5) is 30.7. The zero-order valence-corrected chi connectivity index (χ0v) is 17.5. The number of hydrogen-bond acceptors (Lipinski definition) is 7. The van der Waals surface area contributed by atoms with Gasteiger partial charge in [-0.3, -0.25) is 9.59 Å². The number of benzene rings is 1. The molecule has 1 aliphatic carbocycles. The van der Waals surface area contributed by atoms with Crippen LogP contribution in [-0.2, 0) is 11.2 Å². The first-order valence-corrected chi connectivity index (χ1v) is 10.4. The fourth-order valence-electron chi connectivity index (χ4n) is 4.36. The second kappa shape index (κ2) is 7.66. The summed E-state index contributed by atoms with van der Waals surface area (Å²) in [6.07, 6.45) is 5.23. The highest BCUT2D eigenvalue weighted by Crippen LogP contribution is 2.36. The highest BCUT2D eigenvalue weighted by Gasteiger charge is 2.33. The lowest BCUT2D eigenvalue weighted by atomic mass is 9.89. The molecule has 3 aromatic rings. The molecule has 1 fully saturated rings. The van der Waals surface area contributed by atoms with Crippen LogP contribution in [0.5, 0.6) is 0 Å². The smallest absolute Gasteiger partial charge is 0.271 e. The number of nitrogens with one attached hydrogen (secondary N) is 2. The minimum atomic E-state index is -0.233. The Bertz CT molecular complexity index is 1170. The van der Waals surface area contributed by atoms with Crippen LogP contribution in [0.25, 0.3) is 5.65 Å². The van der Waals surface area contributed by atoms with Crippen molar-refractivity contribution in [2.45, 2.75) is 31.4 Å². The fraction of sp³-hybridized carbons (Fsp3) is 0.364. The molecule has 9 nitrogen and oxygen atoms in total. The number of rotatable bonds is 6. The minimum absolute atomic E-state index is 0.0164. The molecule has 2 aliphatic rings. The van der Waals surface area contributed by atoms with E-state index < -0.39 is 0 Å². The van der Waals surface area contributed by atoms with Gasteiger partial charge in [0.1, 0.15) is 12.0 Å². The number of nitrogens with zero attached hydrogens (tertiary/aromatic N) is 4. The number of aromatic nitrogens is 3. The second-order valence-electron chi connectivity index (χ2n) is 7.86. The van der Waals surface area contributed by atoms with Gasteiger partial charge in [-0.1, -0.05) is 12.1 Å². The van der Waals surface area contributed by atoms with Crippen molar-refractivity contribution in [3.05, 3.63) is 47.3 Å². The zero-order valence-electron chi connectivity index (χ0n) is 17.5. The van der Waals surface area contributed by atoms with Crippen molar-refractivity contribution in [3.8, 4) is 0 Å². The number of carbonyl (C=O) groups is 2. The Morgan fingerprint density at radius 1 is 1.32 bits per heavy atom. The van der Waals surface area contributed by atoms with E-state index in [1.165, 1.54) is 0 Å². The van der Waals surface area contributed by atoms with Crippen molar-refractivity contribution in [3.63, 3.8) is 0 Å². The molecule has 0 spiro atoms. The summed E-state index contributed by atoms with van der Waals surface area (Å²) in [7, 11) is 3.47. The Balaban J connectivity index is 1.48. The van der Waals surface area contributed by atoms with E-state index in [4.69, 9.17) is 9.84 Å². The summed E-state index contributed by atoms with van der Waals surface area (Å²) in [5.41, 5.74) is 4.38. The monoisotopic (exact) mass is 420 g/mol. The largest absolute Gasteiger partial charge is 0.385 e. The summed E-state index contributed by atoms with van der Waals surface area (Å²) in [5.74, 6) is 0.490. The second-order valence-corrected chi connectivity index (χ2v) is 7.86. The van der Waals surface area contributed by atoms with E-state index in [0.717, 1.165) is 54.8 Å². The van der Waals surface area contributed by atoms with Crippen molar-refractivity contribution in [2.75, 3.05) is 30.9 Å². The van der Waals surface area contributed by atoms with Crippen molar-refractivity contribution in [1.29, 1.82) is 0 Å². The van der Waals surface area contributed by atoms with Gasteiger partial charge in [0.15, 0.2) is 11.5 Å². The van der Waals surface area contributed by atoms with Gasteiger partial charge in [0.25, 0.3) is 5.91 Å². The highest BCUT2D eigenvalue weighted by molar-refractivity contribution is 5.94. The summed E-state index contributed by atoms with van der Waals surface area (Å²) < 4.78 is 6.99. The Morgan fingerprint density at radius 3 is 2.90 bits per heavy atom. The van der Waals surface area contributed by atoms with E-state index in [0.29, 0.717) is 16.9 Å². The molecule has 1 aromatic carbocycles. The molecule has 2 atom stereocenters. The van der Waals surface area contributed by atoms with Gasteiger partial charge in [-0.25, -0.2) is 9.50 Å². The van der Waals surface area contributed by atoms with Crippen molar-refractivity contribution >= 4 is 35.0 Å². The summed E-state index contributed by atoms with van der Waals surface area (Å²) in [5, 5.41) is 10.9. The molecular weight excluding hydrogens is 396 g/mol. The number of hydrogen-bond donors (Lipinski definition) is 2. The molecule has 160 valence electrons. The molecule has 0 bridgehead atoms. The third-order valence-corrected chi connectivity index (χ3v) is 6.21. The predicted molar refractivity (Wildman–Crippen MR) is 116 cm³/mol. The first-order valence-electron chi connectivity index (χ1n) is 10.4. The number of fused-ring (bicyclic) bond motifs is 2. The van der Waals surface area contributed by atoms with Gasteiger partial charge in [0.2, 0.25) is 0 Å². The number of anilines is 3. The summed E-state index contributed by atoms with van der Waals surface area (Å²) >= 11 is 0. The number of carbonyl (C=O) groups excluding carboxylic acids is 2. The molecule has 5 rings (SSSR count). The molecule has 31 heavy (non-hydrogen) atoms. The Kier molecular flexibility index (Phi) is 4.82. The third kappa shape index (κ3) is 3.21. The molecule has 2 N–H and O–H groups in total. The Labute approximate surface area is 179 Å². The standard InChI is InChI=1S/C22H24N6O3/c1-23-16-10-20(27-9-8-14-13(12-29)4-3-5-18(14)27)26-28-11-17(24-21(16)28)22(30)25-15-6-7-19(15)31-2/h3-5,10-12,15,19,23H,6-9H2,1-2H3,(H,25,30)/t15-,19-/m1/s1. The van der Waals surface area contributed by atoms with Crippen LogP contribution in [0.3, 0.4) is 0 Å². The van der Waals surface area contributed by atoms with E-state index in [9.17, 15) is 9.59 Å². The van der Waals surface area contributed by atoms with Crippen molar-refractivity contribution in [1.82, 2.24) is 19.9 Å². The van der Waals surface area contributed by atoms with Crippen LogP contribution < -0.4 is 15.5 Å². The van der Waals surface area contributed by atoms with E-state index in [1.807, 2.05) is 31.3 Å². The molecule has 2 aromatic heterocycles. The van der Waals surface area contributed by atoms with Crippen LogP contribution in [0.2, 0.25) is 0 Å². The van der Waals surface area contributed by atoms with Crippen LogP contribution in [0, 0.1) is 0 Å². The zero-order chi connectivity index (χ0) is 21.5. The van der Waals surface area contributed by atoms with Gasteiger partial charge >= 0.3 is 0 Å². The molecule has 1 aliphatic heterocycles. The van der Waals surface area contributed by atoms with Crippen LogP contribution >= 0.6 is 0 Å². The molecule has 0 unspecified atom stereocenters. The molecule has 0 radical (unpaired) electrons. The summed E-state index contributed by atoms with van der Waals surface area (Å²) in [6, 6.07) is 7.65. The number of methoxy groups -OCH3 is 1. The number of amides is 1. The molecule has 0 saturated heterocycles. The van der Waals surface area contributed by atoms with E-state index >= 15 is 0 Å². The van der Waals surface area contributed by atoms with Crippen molar-refractivity contribution < 1.29 is 14.3 Å². The van der Waals surface area contributed by atoms with Gasteiger partial charge in [-0.05, 0) is 30.9 Å². The van der Waals surface area contributed by atoms with Crippen LogP contribution in [0.1, 0.15) is 39.3 Å². The van der Waals surface area contributed by atoms with Crippen molar-refractivity contribution in [2.24, 2.45) is 0 Å². The average Bonchev–Trinajstić information content (AvgIpc) is 3.40. The van der Waals surface area contributed by atoms with Crippen LogP contribution in [0.4, 0.5) is 17.2 Å². The highest BCUT2D eigenvalue weighted by atomic mass is 16.5. The lowest BCUT2D eigenvalue weighted by Crippen LogP contribution is -2.51. The van der Waals surface area contributed by atoms with Gasteiger partial charge in [-0.15, -0.1) is 5.10 Å². The lowest BCUT2D eigenvalue weighted by molar-refractivity contribution is 0.00722. The van der Waals surface area contributed by atoms with E-state index in [-0.39, 0.29) is 18.1 Å². The normalized spacial score (nSPS) is 19.7. The first-order chi connectivity index (χ1) is 15.1.